The molecule has 2 fully saturated rings. The number of nitrogens with zero attached hydrogens (tertiary/aromatic N) is 3. The number of nitrogens with one attached hydrogen (secondary N) is 1. The van der Waals surface area contributed by atoms with Crippen molar-refractivity contribution in [3.05, 3.63) is 0 Å². The van der Waals surface area contributed by atoms with E-state index in [0.29, 0.717) is 6.04 Å². The molecule has 1 N–H and O–H groups in total. The maximum Gasteiger partial charge on any atom is 0.193 e. The van der Waals surface area contributed by atoms with Crippen molar-refractivity contribution in [2.24, 2.45) is 16.8 Å². The molecule has 1 saturated heterocycles. The van der Waals surface area contributed by atoms with Crippen molar-refractivity contribution >= 4 is 5.96 Å². The fourth-order valence-electron chi connectivity index (χ4n) is 4.39. The Kier molecular flexibility index (Phi) is 9.04. The first kappa shape index (κ1) is 20.5. The van der Waals surface area contributed by atoms with E-state index in [-0.39, 0.29) is 0 Å². The largest absolute Gasteiger partial charge is 0.381 e. The van der Waals surface area contributed by atoms with Gasteiger partial charge >= 0.3 is 0 Å². The SMILES string of the molecule is CN=C(NCC(C1CCCCC1)N(C)C)N(C)CCC1CCOCC1. The van der Waals surface area contributed by atoms with E-state index in [0.717, 1.165) is 44.1 Å². The standard InChI is InChI=1S/C20H40N4O/c1-21-20(24(4)13-10-17-11-14-25-15-12-17)22-16-19(23(2)3)18-8-6-5-7-9-18/h17-19H,5-16H2,1-4H3,(H,21,22). The zero-order chi connectivity index (χ0) is 18.1. The number of ether oxygens (including phenoxy) is 1. The summed E-state index contributed by atoms with van der Waals surface area (Å²) in [5, 5.41) is 3.65. The Labute approximate surface area is 155 Å². The third kappa shape index (κ3) is 6.78. The van der Waals surface area contributed by atoms with E-state index < -0.39 is 0 Å². The molecular formula is C20H40N4O. The molecule has 0 bridgehead atoms. The lowest BCUT2D eigenvalue weighted by Gasteiger charge is -2.36. The number of hydrogen-bond acceptors (Lipinski definition) is 3. The minimum absolute atomic E-state index is 0.598. The highest BCUT2D eigenvalue weighted by molar-refractivity contribution is 5.79. The van der Waals surface area contributed by atoms with Gasteiger partial charge in [0, 0.05) is 46.4 Å². The molecule has 146 valence electrons. The van der Waals surface area contributed by atoms with Crippen molar-refractivity contribution in [1.29, 1.82) is 0 Å². The van der Waals surface area contributed by atoms with Crippen LogP contribution in [0.4, 0.5) is 0 Å². The maximum atomic E-state index is 5.47. The van der Waals surface area contributed by atoms with E-state index in [4.69, 9.17) is 4.74 Å². The first-order chi connectivity index (χ1) is 12.1. The summed E-state index contributed by atoms with van der Waals surface area (Å²) in [6, 6.07) is 0.598. The van der Waals surface area contributed by atoms with Crippen LogP contribution in [0.5, 0.6) is 0 Å². The summed E-state index contributed by atoms with van der Waals surface area (Å²) in [6.07, 6.45) is 10.6. The molecule has 2 aliphatic rings. The van der Waals surface area contributed by atoms with Crippen molar-refractivity contribution in [3.8, 4) is 0 Å². The van der Waals surface area contributed by atoms with Gasteiger partial charge < -0.3 is 19.9 Å². The van der Waals surface area contributed by atoms with E-state index >= 15 is 0 Å². The van der Waals surface area contributed by atoms with Gasteiger partial charge in [-0.05, 0) is 58.0 Å². The number of aliphatic imine (C=N–C) groups is 1. The molecule has 1 aliphatic heterocycles. The van der Waals surface area contributed by atoms with Crippen LogP contribution in [-0.2, 0) is 4.74 Å². The molecule has 1 heterocycles. The molecule has 25 heavy (non-hydrogen) atoms. The summed E-state index contributed by atoms with van der Waals surface area (Å²) in [6.45, 7) is 3.94. The highest BCUT2D eigenvalue weighted by Crippen LogP contribution is 2.28. The van der Waals surface area contributed by atoms with Crippen LogP contribution in [0.1, 0.15) is 51.4 Å². The lowest BCUT2D eigenvalue weighted by atomic mass is 9.83. The van der Waals surface area contributed by atoms with Crippen LogP contribution in [0.2, 0.25) is 0 Å². The van der Waals surface area contributed by atoms with Crippen molar-refractivity contribution < 1.29 is 4.74 Å². The molecule has 5 heteroatoms. The second-order valence-corrected chi connectivity index (χ2v) is 8.12. The summed E-state index contributed by atoms with van der Waals surface area (Å²) in [4.78, 5) is 9.21. The molecule has 1 saturated carbocycles. The molecular weight excluding hydrogens is 312 g/mol. The van der Waals surface area contributed by atoms with Crippen LogP contribution in [-0.4, -0.2) is 76.3 Å². The van der Waals surface area contributed by atoms with Gasteiger partial charge in [0.1, 0.15) is 0 Å². The fourth-order valence-corrected chi connectivity index (χ4v) is 4.39. The molecule has 0 amide bonds. The van der Waals surface area contributed by atoms with E-state index in [1.54, 1.807) is 0 Å². The van der Waals surface area contributed by atoms with Gasteiger partial charge in [0.15, 0.2) is 5.96 Å². The first-order valence-corrected chi connectivity index (χ1v) is 10.3. The Morgan fingerprint density at radius 3 is 2.36 bits per heavy atom. The molecule has 0 aromatic rings. The molecule has 1 unspecified atom stereocenters. The zero-order valence-corrected chi connectivity index (χ0v) is 17.0. The average molecular weight is 353 g/mol. The highest BCUT2D eigenvalue weighted by atomic mass is 16.5. The zero-order valence-electron chi connectivity index (χ0n) is 17.0. The van der Waals surface area contributed by atoms with Crippen molar-refractivity contribution in [2.45, 2.75) is 57.4 Å². The van der Waals surface area contributed by atoms with Crippen LogP contribution in [0, 0.1) is 11.8 Å². The van der Waals surface area contributed by atoms with Gasteiger partial charge in [-0.15, -0.1) is 0 Å². The van der Waals surface area contributed by atoms with Gasteiger partial charge in [0.25, 0.3) is 0 Å². The Bertz CT molecular complexity index is 387. The van der Waals surface area contributed by atoms with E-state index in [9.17, 15) is 0 Å². The van der Waals surface area contributed by atoms with E-state index in [1.807, 2.05) is 7.05 Å². The predicted molar refractivity (Wildman–Crippen MR) is 106 cm³/mol. The van der Waals surface area contributed by atoms with Crippen molar-refractivity contribution in [1.82, 2.24) is 15.1 Å². The first-order valence-electron chi connectivity index (χ1n) is 10.3. The van der Waals surface area contributed by atoms with Gasteiger partial charge in [-0.3, -0.25) is 4.99 Å². The Morgan fingerprint density at radius 1 is 1.08 bits per heavy atom. The topological polar surface area (TPSA) is 40.1 Å². The Hall–Kier alpha value is -0.810. The van der Waals surface area contributed by atoms with Crippen molar-refractivity contribution in [3.63, 3.8) is 0 Å². The van der Waals surface area contributed by atoms with Gasteiger partial charge in [-0.25, -0.2) is 0 Å². The number of guanidine groups is 1. The van der Waals surface area contributed by atoms with E-state index in [2.05, 4.69) is 41.3 Å². The van der Waals surface area contributed by atoms with Crippen molar-refractivity contribution in [2.75, 3.05) is 54.5 Å². The summed E-state index contributed by atoms with van der Waals surface area (Å²) < 4.78 is 5.47. The number of hydrogen-bond donors (Lipinski definition) is 1. The molecule has 1 atom stereocenters. The normalized spacial score (nSPS) is 22.2. The second-order valence-electron chi connectivity index (χ2n) is 8.12. The number of rotatable bonds is 7. The molecule has 0 radical (unpaired) electrons. The Balaban J connectivity index is 1.78. The molecule has 2 rings (SSSR count). The summed E-state index contributed by atoms with van der Waals surface area (Å²) in [7, 11) is 8.51. The smallest absolute Gasteiger partial charge is 0.193 e. The van der Waals surface area contributed by atoms with Crippen LogP contribution in [0.25, 0.3) is 0 Å². The van der Waals surface area contributed by atoms with Crippen LogP contribution < -0.4 is 5.32 Å². The molecule has 0 aromatic carbocycles. The quantitative estimate of drug-likeness (QED) is 0.565. The van der Waals surface area contributed by atoms with Crippen LogP contribution in [0.3, 0.4) is 0 Å². The summed E-state index contributed by atoms with van der Waals surface area (Å²) in [5.41, 5.74) is 0. The molecule has 0 aromatic heterocycles. The lowest BCUT2D eigenvalue weighted by molar-refractivity contribution is 0.0625. The third-order valence-corrected chi connectivity index (χ3v) is 6.11. The van der Waals surface area contributed by atoms with Gasteiger partial charge in [0.05, 0.1) is 0 Å². The van der Waals surface area contributed by atoms with Crippen LogP contribution in [0.15, 0.2) is 4.99 Å². The molecule has 0 spiro atoms. The monoisotopic (exact) mass is 352 g/mol. The highest BCUT2D eigenvalue weighted by Gasteiger charge is 2.25. The van der Waals surface area contributed by atoms with Gasteiger partial charge in [-0.1, -0.05) is 19.3 Å². The molecule has 1 aliphatic carbocycles. The number of likely N-dealkylation sites (N-methyl/N-ethyl adjacent to an activating group) is 1. The summed E-state index contributed by atoms with van der Waals surface area (Å²) in [5.74, 6) is 2.67. The van der Waals surface area contributed by atoms with Gasteiger partial charge in [0.2, 0.25) is 0 Å². The van der Waals surface area contributed by atoms with Gasteiger partial charge in [-0.2, -0.15) is 0 Å². The second kappa shape index (κ2) is 11.0. The van der Waals surface area contributed by atoms with Crippen LogP contribution >= 0.6 is 0 Å². The predicted octanol–water partition coefficient (Wildman–Crippen LogP) is 2.82. The fraction of sp³-hybridized carbons (Fsp3) is 0.950. The summed E-state index contributed by atoms with van der Waals surface area (Å²) >= 11 is 0. The lowest BCUT2D eigenvalue weighted by Crippen LogP contribution is -2.49. The third-order valence-electron chi connectivity index (χ3n) is 6.11. The average Bonchev–Trinajstić information content (AvgIpc) is 2.64. The minimum atomic E-state index is 0.598. The van der Waals surface area contributed by atoms with E-state index in [1.165, 1.54) is 51.4 Å². The molecule has 5 nitrogen and oxygen atoms in total. The maximum absolute atomic E-state index is 5.47. The minimum Gasteiger partial charge on any atom is -0.381 e. The Morgan fingerprint density at radius 2 is 1.76 bits per heavy atom.